The summed E-state index contributed by atoms with van der Waals surface area (Å²) in [6.07, 6.45) is 6.21. The predicted octanol–water partition coefficient (Wildman–Crippen LogP) is 0.789. The maximum Gasteiger partial charge on any atom is 0.329 e. The van der Waals surface area contributed by atoms with Crippen LogP contribution in [-0.4, -0.2) is 71.8 Å². The molecule has 0 amide bonds. The van der Waals surface area contributed by atoms with Gasteiger partial charge in [0.2, 0.25) is 0 Å². The van der Waals surface area contributed by atoms with Crippen molar-refractivity contribution in [2.75, 3.05) is 32.8 Å². The van der Waals surface area contributed by atoms with Crippen LogP contribution in [0.1, 0.15) is 32.1 Å². The molecule has 2 saturated heterocycles. The number of piperidine rings is 1. The first-order valence-corrected chi connectivity index (χ1v) is 7.54. The molecule has 0 bridgehead atoms. The Hall–Kier alpha value is -0.650. The zero-order valence-corrected chi connectivity index (χ0v) is 11.5. The van der Waals surface area contributed by atoms with Crippen LogP contribution >= 0.6 is 0 Å². The van der Waals surface area contributed by atoms with Gasteiger partial charge in [0, 0.05) is 38.3 Å². The Labute approximate surface area is 114 Å². The zero-order valence-electron chi connectivity index (χ0n) is 11.5. The first kappa shape index (κ1) is 13.3. The molecule has 0 aromatic heterocycles. The number of hydrogen-bond donors (Lipinski definition) is 1. The first-order valence-electron chi connectivity index (χ1n) is 7.54. The third-order valence-corrected chi connectivity index (χ3v) is 4.69. The summed E-state index contributed by atoms with van der Waals surface area (Å²) in [5.41, 5.74) is 0. The molecule has 5 nitrogen and oxygen atoms in total. The maximum absolute atomic E-state index is 10.5. The lowest BCUT2D eigenvalue weighted by Crippen LogP contribution is -2.45. The number of rotatable bonds is 5. The average molecular weight is 268 g/mol. The molecule has 5 heteroatoms. The van der Waals surface area contributed by atoms with Crippen LogP contribution in [-0.2, 0) is 9.53 Å². The molecule has 3 rings (SSSR count). The van der Waals surface area contributed by atoms with Crippen molar-refractivity contribution in [1.82, 2.24) is 9.80 Å². The van der Waals surface area contributed by atoms with Gasteiger partial charge in [0.15, 0.2) is 0 Å². The topological polar surface area (TPSA) is 53.0 Å². The van der Waals surface area contributed by atoms with E-state index >= 15 is 0 Å². The molecule has 108 valence electrons. The predicted molar refractivity (Wildman–Crippen MR) is 71.2 cm³/mol. The Morgan fingerprint density at radius 3 is 2.32 bits per heavy atom. The minimum Gasteiger partial charge on any atom is -0.480 e. The van der Waals surface area contributed by atoms with Crippen LogP contribution in [0.3, 0.4) is 0 Å². The van der Waals surface area contributed by atoms with Crippen LogP contribution in [0, 0.1) is 0 Å². The smallest absolute Gasteiger partial charge is 0.329 e. The minimum absolute atomic E-state index is 0.147. The number of aliphatic carboxylic acids is 1. The van der Waals surface area contributed by atoms with Crippen molar-refractivity contribution in [3.8, 4) is 0 Å². The maximum atomic E-state index is 10.5. The number of hydrogen-bond acceptors (Lipinski definition) is 4. The van der Waals surface area contributed by atoms with Crippen molar-refractivity contribution in [3.63, 3.8) is 0 Å². The monoisotopic (exact) mass is 268 g/mol. The molecular weight excluding hydrogens is 244 g/mol. The van der Waals surface area contributed by atoms with Crippen molar-refractivity contribution in [1.29, 1.82) is 0 Å². The summed E-state index contributed by atoms with van der Waals surface area (Å²) >= 11 is 0. The second-order valence-electron chi connectivity index (χ2n) is 6.11. The van der Waals surface area contributed by atoms with E-state index in [9.17, 15) is 4.79 Å². The third kappa shape index (κ3) is 3.46. The van der Waals surface area contributed by atoms with Gasteiger partial charge in [0.25, 0.3) is 0 Å². The Balaban J connectivity index is 1.39. The van der Waals surface area contributed by atoms with Gasteiger partial charge in [0.1, 0.15) is 6.61 Å². The normalized spacial score (nSPS) is 30.8. The molecule has 0 aromatic carbocycles. The molecule has 1 aliphatic carbocycles. The largest absolute Gasteiger partial charge is 0.480 e. The van der Waals surface area contributed by atoms with Crippen molar-refractivity contribution in [2.45, 2.75) is 50.3 Å². The van der Waals surface area contributed by atoms with Gasteiger partial charge >= 0.3 is 5.97 Å². The van der Waals surface area contributed by atoms with Gasteiger partial charge in [-0.1, -0.05) is 0 Å². The average Bonchev–Trinajstić information content (AvgIpc) is 3.15. The van der Waals surface area contributed by atoms with Gasteiger partial charge in [-0.05, 0) is 32.1 Å². The molecule has 2 aliphatic heterocycles. The van der Waals surface area contributed by atoms with Gasteiger partial charge < -0.3 is 9.84 Å². The lowest BCUT2D eigenvalue weighted by Gasteiger charge is -2.35. The number of nitrogens with zero attached hydrogens (tertiary/aromatic N) is 2. The summed E-state index contributed by atoms with van der Waals surface area (Å²) < 4.78 is 5.39. The lowest BCUT2D eigenvalue weighted by atomic mass is 10.0. The highest BCUT2D eigenvalue weighted by Crippen LogP contribution is 2.31. The number of carboxylic acids is 1. The van der Waals surface area contributed by atoms with Crippen molar-refractivity contribution >= 4 is 5.97 Å². The molecule has 0 aromatic rings. The molecule has 1 saturated carbocycles. The highest BCUT2D eigenvalue weighted by Gasteiger charge is 2.37. The van der Waals surface area contributed by atoms with E-state index in [1.165, 1.54) is 32.4 Å². The van der Waals surface area contributed by atoms with Gasteiger partial charge in [-0.25, -0.2) is 4.79 Å². The standard InChI is InChI=1S/C14H24N2O3/c17-14(18)10-19-13-4-7-15(8-5-13)12-3-6-16(9-12)11-1-2-11/h11-13H,1-10H2,(H,17,18). The Morgan fingerprint density at radius 1 is 1.00 bits per heavy atom. The summed E-state index contributed by atoms with van der Waals surface area (Å²) in [5, 5.41) is 8.61. The fourth-order valence-electron chi connectivity index (χ4n) is 3.43. The van der Waals surface area contributed by atoms with Crippen LogP contribution in [0.25, 0.3) is 0 Å². The van der Waals surface area contributed by atoms with Gasteiger partial charge in [-0.2, -0.15) is 0 Å². The summed E-state index contributed by atoms with van der Waals surface area (Å²) in [5.74, 6) is -0.863. The molecular formula is C14H24N2O3. The number of carboxylic acid groups (broad SMARTS) is 1. The SMILES string of the molecule is O=C(O)COC1CCN(C2CCN(C3CC3)C2)CC1. The second kappa shape index (κ2) is 5.77. The fraction of sp³-hybridized carbons (Fsp3) is 0.929. The van der Waals surface area contributed by atoms with E-state index in [1.807, 2.05) is 0 Å². The summed E-state index contributed by atoms with van der Waals surface area (Å²) in [4.78, 5) is 15.7. The van der Waals surface area contributed by atoms with Crippen molar-refractivity contribution in [2.24, 2.45) is 0 Å². The molecule has 1 unspecified atom stereocenters. The van der Waals surface area contributed by atoms with E-state index in [0.717, 1.165) is 38.0 Å². The summed E-state index contributed by atoms with van der Waals surface area (Å²) in [6.45, 7) is 4.49. The lowest BCUT2D eigenvalue weighted by molar-refractivity contribution is -0.145. The van der Waals surface area contributed by atoms with Gasteiger partial charge in [-0.3, -0.25) is 9.80 Å². The van der Waals surface area contributed by atoms with Crippen LogP contribution in [0.15, 0.2) is 0 Å². The molecule has 0 radical (unpaired) electrons. The Bertz CT molecular complexity index is 325. The quantitative estimate of drug-likeness (QED) is 0.799. The molecule has 0 spiro atoms. The highest BCUT2D eigenvalue weighted by atomic mass is 16.5. The minimum atomic E-state index is -0.863. The van der Waals surface area contributed by atoms with Crippen LogP contribution in [0.4, 0.5) is 0 Å². The number of likely N-dealkylation sites (tertiary alicyclic amines) is 2. The Kier molecular flexibility index (Phi) is 4.05. The molecule has 19 heavy (non-hydrogen) atoms. The van der Waals surface area contributed by atoms with E-state index in [0.29, 0.717) is 0 Å². The Morgan fingerprint density at radius 2 is 1.68 bits per heavy atom. The van der Waals surface area contributed by atoms with Crippen molar-refractivity contribution < 1.29 is 14.6 Å². The van der Waals surface area contributed by atoms with E-state index in [4.69, 9.17) is 9.84 Å². The highest BCUT2D eigenvalue weighted by molar-refractivity contribution is 5.68. The number of carbonyl (C=O) groups is 1. The first-order chi connectivity index (χ1) is 9.22. The van der Waals surface area contributed by atoms with E-state index in [2.05, 4.69) is 9.80 Å². The molecule has 1 N–H and O–H groups in total. The number of ether oxygens (including phenoxy) is 1. The zero-order chi connectivity index (χ0) is 13.2. The molecule has 3 fully saturated rings. The molecule has 3 aliphatic rings. The van der Waals surface area contributed by atoms with Gasteiger partial charge in [-0.15, -0.1) is 0 Å². The van der Waals surface area contributed by atoms with Gasteiger partial charge in [0.05, 0.1) is 6.10 Å². The molecule has 2 heterocycles. The van der Waals surface area contributed by atoms with Crippen LogP contribution in [0.5, 0.6) is 0 Å². The summed E-state index contributed by atoms with van der Waals surface area (Å²) in [6, 6.07) is 1.61. The van der Waals surface area contributed by atoms with Crippen molar-refractivity contribution in [3.05, 3.63) is 0 Å². The van der Waals surface area contributed by atoms with E-state index in [1.54, 1.807) is 0 Å². The fourth-order valence-corrected chi connectivity index (χ4v) is 3.43. The van der Waals surface area contributed by atoms with Crippen LogP contribution < -0.4 is 0 Å². The van der Waals surface area contributed by atoms with E-state index in [-0.39, 0.29) is 12.7 Å². The van der Waals surface area contributed by atoms with Crippen LogP contribution in [0.2, 0.25) is 0 Å². The summed E-state index contributed by atoms with van der Waals surface area (Å²) in [7, 11) is 0. The molecule has 1 atom stereocenters. The third-order valence-electron chi connectivity index (χ3n) is 4.69. The van der Waals surface area contributed by atoms with E-state index < -0.39 is 5.97 Å². The second-order valence-corrected chi connectivity index (χ2v) is 6.11.